The molecular weight excluding hydrogens is 362 g/mol. The molecule has 1 aliphatic rings. The lowest BCUT2D eigenvalue weighted by Crippen LogP contribution is -2.36. The van der Waals surface area contributed by atoms with Crippen molar-refractivity contribution in [3.05, 3.63) is 65.4 Å². The van der Waals surface area contributed by atoms with Crippen LogP contribution in [0, 0.1) is 20.8 Å². The highest BCUT2D eigenvalue weighted by Gasteiger charge is 2.15. The second kappa shape index (κ2) is 8.49. The highest BCUT2D eigenvalue weighted by Crippen LogP contribution is 2.29. The van der Waals surface area contributed by atoms with Crippen molar-refractivity contribution < 1.29 is 4.74 Å². The van der Waals surface area contributed by atoms with Gasteiger partial charge in [0.2, 0.25) is 5.95 Å². The minimum absolute atomic E-state index is 0.568. The van der Waals surface area contributed by atoms with E-state index in [0.717, 1.165) is 49.2 Å². The number of aromatic nitrogens is 2. The van der Waals surface area contributed by atoms with Gasteiger partial charge in [-0.15, -0.1) is 0 Å². The molecule has 0 spiro atoms. The lowest BCUT2D eigenvalue weighted by atomic mass is 10.1. The number of benzene rings is 2. The van der Waals surface area contributed by atoms with Gasteiger partial charge in [-0.25, -0.2) is 4.98 Å². The summed E-state index contributed by atoms with van der Waals surface area (Å²) < 4.78 is 5.48. The van der Waals surface area contributed by atoms with Crippen molar-refractivity contribution in [1.29, 1.82) is 0 Å². The Morgan fingerprint density at radius 1 is 0.931 bits per heavy atom. The van der Waals surface area contributed by atoms with Crippen LogP contribution in [0.1, 0.15) is 16.7 Å². The van der Waals surface area contributed by atoms with Gasteiger partial charge in [0.1, 0.15) is 5.82 Å². The van der Waals surface area contributed by atoms with E-state index in [1.807, 2.05) is 12.1 Å². The number of aryl methyl sites for hydroxylation is 3. The van der Waals surface area contributed by atoms with Gasteiger partial charge < -0.3 is 20.3 Å². The molecule has 6 heteroatoms. The van der Waals surface area contributed by atoms with E-state index in [9.17, 15) is 0 Å². The van der Waals surface area contributed by atoms with Gasteiger partial charge in [0.25, 0.3) is 0 Å². The fourth-order valence-corrected chi connectivity index (χ4v) is 3.77. The Hall–Kier alpha value is -3.12. The molecule has 150 valence electrons. The third kappa shape index (κ3) is 4.49. The molecular formula is C23H27N5O. The minimum Gasteiger partial charge on any atom is -0.378 e. The predicted molar refractivity (Wildman–Crippen MR) is 119 cm³/mol. The zero-order valence-electron chi connectivity index (χ0n) is 17.2. The Balaban J connectivity index is 1.56. The molecule has 29 heavy (non-hydrogen) atoms. The molecule has 2 aromatic carbocycles. The summed E-state index contributed by atoms with van der Waals surface area (Å²) in [6, 6.07) is 14.5. The molecule has 1 aliphatic heterocycles. The van der Waals surface area contributed by atoms with Crippen molar-refractivity contribution in [2.45, 2.75) is 20.8 Å². The number of hydrogen-bond donors (Lipinski definition) is 2. The van der Waals surface area contributed by atoms with Gasteiger partial charge in [-0.2, -0.15) is 4.98 Å². The van der Waals surface area contributed by atoms with E-state index in [1.165, 1.54) is 16.7 Å². The van der Waals surface area contributed by atoms with Crippen LogP contribution in [0.5, 0.6) is 0 Å². The van der Waals surface area contributed by atoms with Crippen LogP contribution >= 0.6 is 0 Å². The van der Waals surface area contributed by atoms with E-state index < -0.39 is 0 Å². The molecule has 3 aromatic rings. The fourth-order valence-electron chi connectivity index (χ4n) is 3.77. The Morgan fingerprint density at radius 2 is 1.66 bits per heavy atom. The van der Waals surface area contributed by atoms with Gasteiger partial charge in [-0.05, 0) is 50.1 Å². The summed E-state index contributed by atoms with van der Waals surface area (Å²) in [5.74, 6) is 1.33. The summed E-state index contributed by atoms with van der Waals surface area (Å²) in [4.78, 5) is 11.4. The fraction of sp³-hybridized carbons (Fsp3) is 0.304. The van der Waals surface area contributed by atoms with E-state index in [4.69, 9.17) is 4.74 Å². The maximum absolute atomic E-state index is 5.48. The van der Waals surface area contributed by atoms with Gasteiger partial charge in [0, 0.05) is 25.0 Å². The number of anilines is 5. The lowest BCUT2D eigenvalue weighted by Gasteiger charge is -2.30. The Bertz CT molecular complexity index is 975. The average molecular weight is 390 g/mol. The molecule has 6 nitrogen and oxygen atoms in total. The van der Waals surface area contributed by atoms with Crippen LogP contribution in [0.15, 0.2) is 48.7 Å². The summed E-state index contributed by atoms with van der Waals surface area (Å²) in [6.45, 7) is 9.60. The van der Waals surface area contributed by atoms with Gasteiger partial charge in [-0.1, -0.05) is 29.8 Å². The van der Waals surface area contributed by atoms with Crippen LogP contribution in [-0.2, 0) is 4.74 Å². The predicted octanol–water partition coefficient (Wildman–Crippen LogP) is 4.73. The maximum Gasteiger partial charge on any atom is 0.229 e. The van der Waals surface area contributed by atoms with Crippen LogP contribution in [0.2, 0.25) is 0 Å². The monoisotopic (exact) mass is 389 g/mol. The van der Waals surface area contributed by atoms with Crippen molar-refractivity contribution in [1.82, 2.24) is 9.97 Å². The number of nitrogens with one attached hydrogen (secondary N) is 2. The normalized spacial score (nSPS) is 14.0. The second-order valence-corrected chi connectivity index (χ2v) is 7.41. The number of rotatable bonds is 5. The Kier molecular flexibility index (Phi) is 5.62. The largest absolute Gasteiger partial charge is 0.378 e. The van der Waals surface area contributed by atoms with Crippen molar-refractivity contribution in [3.8, 4) is 0 Å². The topological polar surface area (TPSA) is 62.3 Å². The van der Waals surface area contributed by atoms with Crippen LogP contribution in [0.4, 0.5) is 28.8 Å². The Morgan fingerprint density at radius 3 is 2.41 bits per heavy atom. The molecule has 2 heterocycles. The van der Waals surface area contributed by atoms with Crippen LogP contribution in [0.25, 0.3) is 0 Å². The summed E-state index contributed by atoms with van der Waals surface area (Å²) in [5.41, 5.74) is 6.89. The quantitative estimate of drug-likeness (QED) is 0.658. The van der Waals surface area contributed by atoms with Crippen LogP contribution in [0.3, 0.4) is 0 Å². The lowest BCUT2D eigenvalue weighted by molar-refractivity contribution is 0.123. The zero-order valence-corrected chi connectivity index (χ0v) is 17.2. The van der Waals surface area contributed by atoms with Gasteiger partial charge in [0.05, 0.1) is 24.6 Å². The maximum atomic E-state index is 5.48. The number of morpholine rings is 1. The zero-order chi connectivity index (χ0) is 20.2. The van der Waals surface area contributed by atoms with E-state index in [1.54, 1.807) is 6.20 Å². The highest BCUT2D eigenvalue weighted by molar-refractivity contribution is 5.74. The standard InChI is InChI=1S/C23H27N5O/c1-16-14-17(2)22(18(3)15-16)26-21-8-9-24-23(27-21)25-19-6-4-5-7-20(19)28-10-12-29-13-11-28/h4-9,14-15H,10-13H2,1-3H3,(H2,24,25,26,27). The van der Waals surface area contributed by atoms with E-state index in [2.05, 4.69) is 76.6 Å². The van der Waals surface area contributed by atoms with Crippen LogP contribution in [-0.4, -0.2) is 36.3 Å². The molecule has 2 N–H and O–H groups in total. The number of ether oxygens (including phenoxy) is 1. The number of nitrogens with zero attached hydrogens (tertiary/aromatic N) is 3. The first-order valence-corrected chi connectivity index (χ1v) is 9.97. The molecule has 0 atom stereocenters. The van der Waals surface area contributed by atoms with E-state index in [-0.39, 0.29) is 0 Å². The van der Waals surface area contributed by atoms with Crippen molar-refractivity contribution >= 4 is 28.8 Å². The third-order valence-electron chi connectivity index (χ3n) is 5.09. The summed E-state index contributed by atoms with van der Waals surface area (Å²) in [5, 5.41) is 6.84. The average Bonchev–Trinajstić information content (AvgIpc) is 2.72. The molecule has 4 rings (SSSR count). The summed E-state index contributed by atoms with van der Waals surface area (Å²) in [7, 11) is 0. The SMILES string of the molecule is Cc1cc(C)c(Nc2ccnc(Nc3ccccc3N3CCOCC3)n2)c(C)c1. The highest BCUT2D eigenvalue weighted by atomic mass is 16.5. The molecule has 1 fully saturated rings. The van der Waals surface area contributed by atoms with Crippen molar-refractivity contribution in [2.75, 3.05) is 41.8 Å². The summed E-state index contributed by atoms with van der Waals surface area (Å²) >= 11 is 0. The molecule has 0 bridgehead atoms. The summed E-state index contributed by atoms with van der Waals surface area (Å²) in [6.07, 6.45) is 1.77. The van der Waals surface area contributed by atoms with Crippen molar-refractivity contribution in [3.63, 3.8) is 0 Å². The molecule has 0 amide bonds. The minimum atomic E-state index is 0.568. The molecule has 0 radical (unpaired) electrons. The van der Waals surface area contributed by atoms with Gasteiger partial charge >= 0.3 is 0 Å². The first-order valence-electron chi connectivity index (χ1n) is 9.97. The number of para-hydroxylation sites is 2. The first-order chi connectivity index (χ1) is 14.1. The van der Waals surface area contributed by atoms with E-state index >= 15 is 0 Å². The van der Waals surface area contributed by atoms with Gasteiger partial charge in [0.15, 0.2) is 0 Å². The molecule has 1 aromatic heterocycles. The number of hydrogen-bond acceptors (Lipinski definition) is 6. The first kappa shape index (κ1) is 19.2. The molecule has 1 saturated heterocycles. The molecule has 0 saturated carbocycles. The van der Waals surface area contributed by atoms with Crippen molar-refractivity contribution in [2.24, 2.45) is 0 Å². The van der Waals surface area contributed by atoms with E-state index in [0.29, 0.717) is 5.95 Å². The molecule has 0 unspecified atom stereocenters. The Labute approximate surface area is 172 Å². The smallest absolute Gasteiger partial charge is 0.229 e. The van der Waals surface area contributed by atoms with Gasteiger partial charge in [-0.3, -0.25) is 0 Å². The third-order valence-corrected chi connectivity index (χ3v) is 5.09. The second-order valence-electron chi connectivity index (χ2n) is 7.41. The van der Waals surface area contributed by atoms with Crippen LogP contribution < -0.4 is 15.5 Å². The molecule has 0 aliphatic carbocycles.